The van der Waals surface area contributed by atoms with E-state index in [0.717, 1.165) is 0 Å². The van der Waals surface area contributed by atoms with Crippen LogP contribution in [0.25, 0.3) is 0 Å². The molecule has 0 saturated carbocycles. The summed E-state index contributed by atoms with van der Waals surface area (Å²) in [6, 6.07) is 0. The van der Waals surface area contributed by atoms with E-state index in [9.17, 15) is 17.7 Å². The summed E-state index contributed by atoms with van der Waals surface area (Å²) >= 11 is 0. The van der Waals surface area contributed by atoms with E-state index in [1.54, 1.807) is 0 Å². The lowest BCUT2D eigenvalue weighted by molar-refractivity contribution is -0.158. The Kier molecular flexibility index (Phi) is 6.38. The van der Waals surface area contributed by atoms with Gasteiger partial charge < -0.3 is 0 Å². The van der Waals surface area contributed by atoms with Crippen LogP contribution in [0.4, 0.5) is 13.2 Å². The Morgan fingerprint density at radius 1 is 1.38 bits per heavy atom. The maximum absolute atomic E-state index is 11.8. The highest BCUT2D eigenvalue weighted by Gasteiger charge is 2.35. The van der Waals surface area contributed by atoms with E-state index in [-0.39, 0.29) is 6.61 Å². The topological polar surface area (TPSA) is 44.8 Å². The highest BCUT2D eigenvalue weighted by atomic mass is 31.2. The Morgan fingerprint density at radius 2 is 2.00 bits per heavy atom. The third-order valence-electron chi connectivity index (χ3n) is 1.04. The molecule has 0 rings (SSSR count). The van der Waals surface area contributed by atoms with E-state index in [0.29, 0.717) is 0 Å². The summed E-state index contributed by atoms with van der Waals surface area (Å²) in [6.45, 7) is 0.731. The minimum atomic E-state index is -4.63. The standard InChI is InChI=1S/C8H10F3O4P/c1-3-5-13-16(12,14-6-4-2)15-7-8(9,10)11/h1,4H,2,5-7H2. The van der Waals surface area contributed by atoms with Crippen LogP contribution in [0.2, 0.25) is 0 Å². The van der Waals surface area contributed by atoms with Gasteiger partial charge in [-0.15, -0.1) is 13.0 Å². The summed E-state index contributed by atoms with van der Waals surface area (Å²) in [5.74, 6) is 1.94. The molecule has 0 saturated heterocycles. The number of halogens is 3. The molecule has 0 aromatic rings. The van der Waals surface area contributed by atoms with Crippen molar-refractivity contribution in [2.24, 2.45) is 0 Å². The molecule has 0 aromatic heterocycles. The van der Waals surface area contributed by atoms with Crippen molar-refractivity contribution in [3.63, 3.8) is 0 Å². The Morgan fingerprint density at radius 3 is 2.44 bits per heavy atom. The minimum absolute atomic E-state index is 0.278. The molecule has 4 nitrogen and oxygen atoms in total. The fourth-order valence-electron chi connectivity index (χ4n) is 0.524. The molecule has 92 valence electrons. The second kappa shape index (κ2) is 6.71. The van der Waals surface area contributed by atoms with E-state index in [1.807, 2.05) is 5.92 Å². The van der Waals surface area contributed by atoms with E-state index in [2.05, 4.69) is 20.2 Å². The van der Waals surface area contributed by atoms with Crippen molar-refractivity contribution in [1.82, 2.24) is 0 Å². The van der Waals surface area contributed by atoms with Gasteiger partial charge >= 0.3 is 14.0 Å². The van der Waals surface area contributed by atoms with Crippen molar-refractivity contribution in [1.29, 1.82) is 0 Å². The van der Waals surface area contributed by atoms with Gasteiger partial charge in [0.05, 0.1) is 6.61 Å². The van der Waals surface area contributed by atoms with Crippen LogP contribution in [0.3, 0.4) is 0 Å². The quantitative estimate of drug-likeness (QED) is 0.400. The molecule has 1 unspecified atom stereocenters. The van der Waals surface area contributed by atoms with Crippen molar-refractivity contribution < 1.29 is 31.3 Å². The number of phosphoric ester groups is 1. The molecule has 0 radical (unpaired) electrons. The summed E-state index contributed by atoms with van der Waals surface area (Å²) < 4.78 is 59.8. The first kappa shape index (κ1) is 15.2. The molecule has 1 atom stereocenters. The fourth-order valence-corrected chi connectivity index (χ4v) is 1.57. The summed E-state index contributed by atoms with van der Waals surface area (Å²) in [4.78, 5) is 0. The van der Waals surface area contributed by atoms with Crippen LogP contribution < -0.4 is 0 Å². The molecule has 0 heterocycles. The Bertz CT molecular complexity index is 307. The Balaban J connectivity index is 4.36. The first-order valence-electron chi connectivity index (χ1n) is 3.98. The molecule has 0 aliphatic rings. The smallest absolute Gasteiger partial charge is 0.283 e. The second-order valence-electron chi connectivity index (χ2n) is 2.40. The molecule has 0 amide bonds. The molecule has 0 spiro atoms. The largest absolute Gasteiger partial charge is 0.476 e. The highest BCUT2D eigenvalue weighted by molar-refractivity contribution is 7.48. The van der Waals surface area contributed by atoms with Gasteiger partial charge in [0.1, 0.15) is 6.61 Å². The number of hydrogen-bond donors (Lipinski definition) is 0. The maximum atomic E-state index is 11.8. The first-order chi connectivity index (χ1) is 7.33. The summed E-state index contributed by atoms with van der Waals surface area (Å²) in [7, 11) is -4.28. The molecule has 0 fully saturated rings. The van der Waals surface area contributed by atoms with Gasteiger partial charge in [-0.1, -0.05) is 12.0 Å². The Hall–Kier alpha value is -0.800. The van der Waals surface area contributed by atoms with Gasteiger partial charge in [-0.05, 0) is 0 Å². The lowest BCUT2D eigenvalue weighted by Crippen LogP contribution is -2.17. The van der Waals surface area contributed by atoms with Crippen LogP contribution in [0.15, 0.2) is 12.7 Å². The van der Waals surface area contributed by atoms with E-state index in [4.69, 9.17) is 6.42 Å². The minimum Gasteiger partial charge on any atom is -0.283 e. The molecule has 0 aliphatic carbocycles. The average Bonchev–Trinajstić information content (AvgIpc) is 2.20. The van der Waals surface area contributed by atoms with Crippen molar-refractivity contribution in [2.75, 3.05) is 19.8 Å². The summed E-state index contributed by atoms with van der Waals surface area (Å²) in [5, 5.41) is 0. The SMILES string of the molecule is C#CCOP(=O)(OCC=C)OCC(F)(F)F. The third kappa shape index (κ3) is 7.49. The van der Waals surface area contributed by atoms with E-state index in [1.165, 1.54) is 6.08 Å². The lowest BCUT2D eigenvalue weighted by Gasteiger charge is -2.16. The number of rotatable bonds is 7. The molecular weight excluding hydrogens is 248 g/mol. The Labute approximate surface area is 91.0 Å². The van der Waals surface area contributed by atoms with Gasteiger partial charge in [0.25, 0.3) is 0 Å². The molecule has 0 aliphatic heterocycles. The van der Waals surface area contributed by atoms with E-state index >= 15 is 0 Å². The van der Waals surface area contributed by atoms with Crippen molar-refractivity contribution in [3.05, 3.63) is 12.7 Å². The first-order valence-corrected chi connectivity index (χ1v) is 5.44. The van der Waals surface area contributed by atoms with Crippen molar-refractivity contribution in [3.8, 4) is 12.3 Å². The van der Waals surface area contributed by atoms with Crippen LogP contribution in [-0.2, 0) is 18.1 Å². The van der Waals surface area contributed by atoms with Crippen LogP contribution in [-0.4, -0.2) is 26.0 Å². The van der Waals surface area contributed by atoms with Crippen LogP contribution in [0, 0.1) is 12.3 Å². The zero-order valence-corrected chi connectivity index (χ0v) is 9.09. The number of hydrogen-bond acceptors (Lipinski definition) is 4. The van der Waals surface area contributed by atoms with E-state index < -0.39 is 27.2 Å². The van der Waals surface area contributed by atoms with Gasteiger partial charge in [0.15, 0.2) is 6.61 Å². The van der Waals surface area contributed by atoms with Crippen molar-refractivity contribution in [2.45, 2.75) is 6.18 Å². The zero-order valence-electron chi connectivity index (χ0n) is 8.20. The van der Waals surface area contributed by atoms with Crippen molar-refractivity contribution >= 4 is 7.82 Å². The predicted octanol–water partition coefficient (Wildman–Crippen LogP) is 2.53. The summed E-state index contributed by atoms with van der Waals surface area (Å²) in [6.07, 6.45) is 1.35. The molecule has 16 heavy (non-hydrogen) atoms. The monoisotopic (exact) mass is 258 g/mol. The lowest BCUT2D eigenvalue weighted by atomic mass is 10.7. The van der Waals surface area contributed by atoms with Gasteiger partial charge in [0, 0.05) is 0 Å². The van der Waals surface area contributed by atoms with Crippen LogP contribution in [0.5, 0.6) is 0 Å². The molecule has 0 N–H and O–H groups in total. The second-order valence-corrected chi connectivity index (χ2v) is 4.07. The number of terminal acetylenes is 1. The van der Waals surface area contributed by atoms with Gasteiger partial charge in [-0.3, -0.25) is 13.6 Å². The molecular formula is C8H10F3O4P. The maximum Gasteiger partial charge on any atom is 0.476 e. The molecule has 8 heteroatoms. The van der Waals surface area contributed by atoms with Gasteiger partial charge in [-0.2, -0.15) is 13.2 Å². The third-order valence-corrected chi connectivity index (χ3v) is 2.40. The average molecular weight is 258 g/mol. The van der Waals surface area contributed by atoms with Crippen LogP contribution in [0.1, 0.15) is 0 Å². The van der Waals surface area contributed by atoms with Gasteiger partial charge in [0.2, 0.25) is 0 Å². The van der Waals surface area contributed by atoms with Gasteiger partial charge in [-0.25, -0.2) is 4.57 Å². The molecule has 0 aromatic carbocycles. The summed E-state index contributed by atoms with van der Waals surface area (Å²) in [5.41, 5.74) is 0. The molecule has 0 bridgehead atoms. The predicted molar refractivity (Wildman–Crippen MR) is 50.5 cm³/mol. The zero-order chi connectivity index (χ0) is 12.7. The fraction of sp³-hybridized carbons (Fsp3) is 0.500. The van der Waals surface area contributed by atoms with Crippen LogP contribution >= 0.6 is 7.82 Å². The number of alkyl halides is 3. The highest BCUT2D eigenvalue weighted by Crippen LogP contribution is 2.50. The normalized spacial score (nSPS) is 15.1. The number of phosphoric acid groups is 1.